The molecule has 4 rings (SSSR count). The van der Waals surface area contributed by atoms with Gasteiger partial charge in [0, 0.05) is 58.2 Å². The van der Waals surface area contributed by atoms with Crippen LogP contribution in [0.5, 0.6) is 0 Å². The first-order chi connectivity index (χ1) is 15.9. The van der Waals surface area contributed by atoms with E-state index < -0.39 is 10.0 Å². The Morgan fingerprint density at radius 3 is 2.15 bits per heavy atom. The van der Waals surface area contributed by atoms with E-state index in [1.165, 1.54) is 43.7 Å². The molecule has 0 aliphatic carbocycles. The second kappa shape index (κ2) is 10.1. The molecule has 0 unspecified atom stereocenters. The molecule has 2 heterocycles. The maximum atomic E-state index is 13.4. The quantitative estimate of drug-likeness (QED) is 0.671. The Labute approximate surface area is 197 Å². The molecular weight excluding hydrogens is 436 g/mol. The van der Waals surface area contributed by atoms with Crippen LogP contribution in [-0.4, -0.2) is 58.9 Å². The van der Waals surface area contributed by atoms with Crippen molar-refractivity contribution < 1.29 is 13.2 Å². The van der Waals surface area contributed by atoms with E-state index in [0.29, 0.717) is 12.1 Å². The van der Waals surface area contributed by atoms with Crippen LogP contribution in [0.4, 0.5) is 11.4 Å². The van der Waals surface area contributed by atoms with E-state index in [4.69, 9.17) is 0 Å². The number of benzene rings is 2. The third kappa shape index (κ3) is 5.17. The van der Waals surface area contributed by atoms with Crippen LogP contribution >= 0.6 is 0 Å². The van der Waals surface area contributed by atoms with Crippen molar-refractivity contribution in [3.63, 3.8) is 0 Å². The number of carbonyl (C=O) groups excluding carboxylic acids is 1. The van der Waals surface area contributed by atoms with Gasteiger partial charge in [-0.1, -0.05) is 18.2 Å². The largest absolute Gasteiger partial charge is 0.371 e. The average molecular weight is 471 g/mol. The molecule has 2 aromatic rings. The molecule has 1 amide bonds. The summed E-state index contributed by atoms with van der Waals surface area (Å²) >= 11 is 0. The lowest BCUT2D eigenvalue weighted by Crippen LogP contribution is -2.33. The number of nitrogens with one attached hydrogen (secondary N) is 1. The van der Waals surface area contributed by atoms with Gasteiger partial charge in [-0.25, -0.2) is 12.7 Å². The summed E-state index contributed by atoms with van der Waals surface area (Å²) in [5.74, 6) is -0.248. The number of sulfonamides is 1. The lowest BCUT2D eigenvalue weighted by atomic mass is 10.1. The van der Waals surface area contributed by atoms with Gasteiger partial charge >= 0.3 is 0 Å². The summed E-state index contributed by atoms with van der Waals surface area (Å²) in [6.45, 7) is 4.22. The number of carbonyl (C=O) groups is 1. The van der Waals surface area contributed by atoms with Crippen molar-refractivity contribution in [2.45, 2.75) is 43.5 Å². The number of anilines is 2. The first kappa shape index (κ1) is 23.6. The topological polar surface area (TPSA) is 73.0 Å². The molecule has 2 aromatic carbocycles. The Morgan fingerprint density at radius 2 is 1.48 bits per heavy atom. The molecular formula is C25H34N4O3S. The minimum absolute atomic E-state index is 0.135. The van der Waals surface area contributed by atoms with Crippen LogP contribution in [0.15, 0.2) is 47.4 Å². The molecule has 0 atom stereocenters. The maximum Gasteiger partial charge on any atom is 0.253 e. The highest BCUT2D eigenvalue weighted by molar-refractivity contribution is 7.89. The van der Waals surface area contributed by atoms with Crippen LogP contribution in [-0.2, 0) is 16.6 Å². The van der Waals surface area contributed by atoms with Crippen molar-refractivity contribution in [2.75, 3.05) is 50.1 Å². The number of nitrogens with zero attached hydrogens (tertiary/aromatic N) is 3. The molecule has 2 aliphatic rings. The van der Waals surface area contributed by atoms with Gasteiger partial charge in [-0.3, -0.25) is 4.79 Å². The van der Waals surface area contributed by atoms with E-state index in [0.717, 1.165) is 56.0 Å². The summed E-state index contributed by atoms with van der Waals surface area (Å²) in [5.41, 5.74) is 3.45. The van der Waals surface area contributed by atoms with Crippen molar-refractivity contribution in [3.8, 4) is 0 Å². The molecule has 0 spiro atoms. The van der Waals surface area contributed by atoms with Gasteiger partial charge in [-0.15, -0.1) is 0 Å². The normalized spacial score (nSPS) is 16.9. The number of piperidine rings is 1. The van der Waals surface area contributed by atoms with Crippen LogP contribution in [0.2, 0.25) is 0 Å². The van der Waals surface area contributed by atoms with Crippen LogP contribution in [0, 0.1) is 0 Å². The molecule has 0 saturated carbocycles. The molecule has 7 nitrogen and oxygen atoms in total. The van der Waals surface area contributed by atoms with Gasteiger partial charge in [0.1, 0.15) is 0 Å². The Bertz CT molecular complexity index is 1090. The summed E-state index contributed by atoms with van der Waals surface area (Å²) < 4.78 is 26.7. The van der Waals surface area contributed by atoms with E-state index in [2.05, 4.69) is 21.2 Å². The predicted octanol–water partition coefficient (Wildman–Crippen LogP) is 3.46. The zero-order valence-electron chi connectivity index (χ0n) is 19.6. The fourth-order valence-electron chi connectivity index (χ4n) is 4.68. The summed E-state index contributed by atoms with van der Waals surface area (Å²) in [6.07, 6.45) is 5.70. The second-order valence-electron chi connectivity index (χ2n) is 9.02. The first-order valence-electron chi connectivity index (χ1n) is 11.8. The lowest BCUT2D eigenvalue weighted by Gasteiger charge is -2.30. The third-order valence-corrected chi connectivity index (χ3v) is 8.38. The van der Waals surface area contributed by atoms with E-state index in [1.54, 1.807) is 12.1 Å². The minimum Gasteiger partial charge on any atom is -0.371 e. The van der Waals surface area contributed by atoms with Gasteiger partial charge in [-0.2, -0.15) is 0 Å². The zero-order valence-corrected chi connectivity index (χ0v) is 20.4. The predicted molar refractivity (Wildman–Crippen MR) is 132 cm³/mol. The fraction of sp³-hybridized carbons (Fsp3) is 0.480. The lowest BCUT2D eigenvalue weighted by molar-refractivity contribution is 0.0951. The minimum atomic E-state index is -3.64. The number of para-hydroxylation sites is 1. The summed E-state index contributed by atoms with van der Waals surface area (Å²) in [7, 11) is -0.631. The zero-order chi connectivity index (χ0) is 23.4. The van der Waals surface area contributed by atoms with Crippen LogP contribution in [0.25, 0.3) is 0 Å². The Morgan fingerprint density at radius 1 is 0.879 bits per heavy atom. The molecule has 0 radical (unpaired) electrons. The van der Waals surface area contributed by atoms with E-state index >= 15 is 0 Å². The highest BCUT2D eigenvalue weighted by Crippen LogP contribution is 2.29. The van der Waals surface area contributed by atoms with Crippen molar-refractivity contribution in [1.29, 1.82) is 0 Å². The first-order valence-corrected chi connectivity index (χ1v) is 13.2. The van der Waals surface area contributed by atoms with Crippen molar-refractivity contribution in [3.05, 3.63) is 53.6 Å². The van der Waals surface area contributed by atoms with Gasteiger partial charge in [0.25, 0.3) is 5.91 Å². The Hall–Kier alpha value is -2.58. The number of hydrogen-bond acceptors (Lipinski definition) is 5. The van der Waals surface area contributed by atoms with Crippen LogP contribution in [0.1, 0.15) is 48.0 Å². The van der Waals surface area contributed by atoms with Gasteiger partial charge < -0.3 is 15.1 Å². The maximum absolute atomic E-state index is 13.4. The molecule has 8 heteroatoms. The molecule has 2 saturated heterocycles. The highest BCUT2D eigenvalue weighted by atomic mass is 32.2. The standard InChI is InChI=1S/C25H34N4O3S/c1-27(2)33(31,32)21-12-13-24(29-14-6-3-7-15-29)22(18-21)25(30)26-19-20-10-4-5-11-23(20)28-16-8-9-17-28/h4-5,10-13,18H,3,6-9,14-17,19H2,1-2H3,(H,26,30). The number of amides is 1. The second-order valence-corrected chi connectivity index (χ2v) is 11.2. The molecule has 2 fully saturated rings. The van der Waals surface area contributed by atoms with E-state index in [1.807, 2.05) is 18.2 Å². The third-order valence-electron chi connectivity index (χ3n) is 6.57. The van der Waals surface area contributed by atoms with Crippen molar-refractivity contribution in [2.24, 2.45) is 0 Å². The summed E-state index contributed by atoms with van der Waals surface area (Å²) in [5, 5.41) is 3.07. The molecule has 1 N–H and O–H groups in total. The average Bonchev–Trinajstić information content (AvgIpc) is 3.37. The smallest absolute Gasteiger partial charge is 0.253 e. The van der Waals surface area contributed by atoms with Crippen LogP contribution < -0.4 is 15.1 Å². The van der Waals surface area contributed by atoms with Gasteiger partial charge in [0.05, 0.1) is 10.5 Å². The number of rotatable bonds is 7. The monoisotopic (exact) mass is 470 g/mol. The molecule has 2 aliphatic heterocycles. The fourth-order valence-corrected chi connectivity index (χ4v) is 5.60. The molecule has 0 aromatic heterocycles. The molecule has 178 valence electrons. The van der Waals surface area contributed by atoms with Gasteiger partial charge in [0.15, 0.2) is 0 Å². The highest BCUT2D eigenvalue weighted by Gasteiger charge is 2.24. The Kier molecular flexibility index (Phi) is 7.24. The van der Waals surface area contributed by atoms with Crippen molar-refractivity contribution in [1.82, 2.24) is 9.62 Å². The van der Waals surface area contributed by atoms with Crippen LogP contribution in [0.3, 0.4) is 0 Å². The summed E-state index contributed by atoms with van der Waals surface area (Å²) in [6, 6.07) is 13.1. The van der Waals surface area contributed by atoms with Crippen molar-refractivity contribution >= 4 is 27.3 Å². The van der Waals surface area contributed by atoms with Gasteiger partial charge in [0.2, 0.25) is 10.0 Å². The Balaban J connectivity index is 1.61. The van der Waals surface area contributed by atoms with Gasteiger partial charge in [-0.05, 0) is 61.9 Å². The number of hydrogen-bond donors (Lipinski definition) is 1. The van der Waals surface area contributed by atoms with E-state index in [-0.39, 0.29) is 10.8 Å². The van der Waals surface area contributed by atoms with E-state index in [9.17, 15) is 13.2 Å². The molecule has 0 bridgehead atoms. The summed E-state index contributed by atoms with van der Waals surface area (Å²) in [4.78, 5) is 18.1. The molecule has 33 heavy (non-hydrogen) atoms. The SMILES string of the molecule is CN(C)S(=O)(=O)c1ccc(N2CCCCC2)c(C(=O)NCc2ccccc2N2CCCC2)c1.